The summed E-state index contributed by atoms with van der Waals surface area (Å²) in [7, 11) is 0. The molecule has 6 nitrogen and oxygen atoms in total. The molecule has 0 spiro atoms. The summed E-state index contributed by atoms with van der Waals surface area (Å²) in [5.41, 5.74) is 4.34. The van der Waals surface area contributed by atoms with Crippen LogP contribution in [0.15, 0.2) is 42.0 Å². The van der Waals surface area contributed by atoms with E-state index in [2.05, 4.69) is 27.5 Å². The van der Waals surface area contributed by atoms with Crippen molar-refractivity contribution in [1.29, 1.82) is 0 Å². The van der Waals surface area contributed by atoms with E-state index in [1.807, 2.05) is 11.4 Å². The molecule has 24 heavy (non-hydrogen) atoms. The van der Waals surface area contributed by atoms with Gasteiger partial charge in [0.1, 0.15) is 6.04 Å². The van der Waals surface area contributed by atoms with Crippen molar-refractivity contribution < 1.29 is 9.53 Å². The molecule has 1 aliphatic heterocycles. The molecule has 0 aliphatic carbocycles. The highest BCUT2D eigenvalue weighted by molar-refractivity contribution is 7.14. The van der Waals surface area contributed by atoms with Gasteiger partial charge in [0, 0.05) is 23.3 Å². The van der Waals surface area contributed by atoms with Crippen molar-refractivity contribution in [2.24, 2.45) is 0 Å². The number of ether oxygens (including phenoxy) is 1. The van der Waals surface area contributed by atoms with Crippen molar-refractivity contribution in [3.05, 3.63) is 53.2 Å². The Kier molecular flexibility index (Phi) is 3.87. The van der Waals surface area contributed by atoms with Gasteiger partial charge in [0.05, 0.1) is 18.9 Å². The average molecular weight is 340 g/mol. The van der Waals surface area contributed by atoms with Gasteiger partial charge in [-0.15, -0.1) is 11.3 Å². The summed E-state index contributed by atoms with van der Waals surface area (Å²) in [5.74, 6) is -0.137. The Morgan fingerprint density at radius 2 is 2.25 bits per heavy atom. The van der Waals surface area contributed by atoms with E-state index in [9.17, 15) is 4.79 Å². The molecule has 0 fully saturated rings. The van der Waals surface area contributed by atoms with Gasteiger partial charge in [-0.2, -0.15) is 5.10 Å². The third-order valence-corrected chi connectivity index (χ3v) is 4.81. The molecule has 0 bridgehead atoms. The van der Waals surface area contributed by atoms with Crippen LogP contribution in [0.2, 0.25) is 0 Å². The fourth-order valence-electron chi connectivity index (χ4n) is 2.63. The van der Waals surface area contributed by atoms with Crippen molar-refractivity contribution in [1.82, 2.24) is 14.8 Å². The Hall–Kier alpha value is -2.51. The molecule has 1 aromatic carbocycles. The molecule has 3 aromatic rings. The second-order valence-electron chi connectivity index (χ2n) is 5.67. The lowest BCUT2D eigenvalue weighted by molar-refractivity contribution is -0.119. The van der Waals surface area contributed by atoms with E-state index in [4.69, 9.17) is 4.74 Å². The second kappa shape index (κ2) is 6.18. The Balaban J connectivity index is 1.50. The highest BCUT2D eigenvalue weighted by Gasteiger charge is 2.17. The quantitative estimate of drug-likeness (QED) is 0.792. The zero-order chi connectivity index (χ0) is 16.5. The van der Waals surface area contributed by atoms with E-state index in [1.54, 1.807) is 30.1 Å². The number of nitrogens with one attached hydrogen (secondary N) is 1. The predicted molar refractivity (Wildman–Crippen MR) is 91.6 cm³/mol. The fourth-order valence-corrected chi connectivity index (χ4v) is 3.36. The molecule has 1 amide bonds. The van der Waals surface area contributed by atoms with Gasteiger partial charge < -0.3 is 10.1 Å². The van der Waals surface area contributed by atoms with Gasteiger partial charge in [-0.1, -0.05) is 12.1 Å². The molecule has 7 heteroatoms. The molecule has 4 rings (SSSR count). The van der Waals surface area contributed by atoms with E-state index in [0.29, 0.717) is 18.3 Å². The number of aromatic nitrogens is 3. The maximum atomic E-state index is 12.3. The lowest BCUT2D eigenvalue weighted by Crippen LogP contribution is -2.23. The minimum atomic E-state index is -0.385. The highest BCUT2D eigenvalue weighted by Crippen LogP contribution is 2.29. The summed E-state index contributed by atoms with van der Waals surface area (Å²) >= 11 is 1.42. The van der Waals surface area contributed by atoms with Crippen molar-refractivity contribution in [3.63, 3.8) is 0 Å². The van der Waals surface area contributed by atoms with Gasteiger partial charge in [0.15, 0.2) is 5.13 Å². The number of hydrogen-bond donors (Lipinski definition) is 1. The maximum Gasteiger partial charge on any atom is 0.250 e. The number of nitrogens with zero attached hydrogens (tertiary/aromatic N) is 3. The van der Waals surface area contributed by atoms with Crippen molar-refractivity contribution in [3.8, 4) is 11.3 Å². The number of rotatable bonds is 4. The maximum absolute atomic E-state index is 12.3. The van der Waals surface area contributed by atoms with Crippen LogP contribution in [0, 0.1) is 0 Å². The largest absolute Gasteiger partial charge is 0.372 e. The molecule has 1 aliphatic rings. The molecule has 1 N–H and O–H groups in total. The van der Waals surface area contributed by atoms with Crippen LogP contribution in [0.3, 0.4) is 0 Å². The Morgan fingerprint density at radius 3 is 3.08 bits per heavy atom. The zero-order valence-corrected chi connectivity index (χ0v) is 13.9. The average Bonchev–Trinajstić information content (AvgIpc) is 3.34. The summed E-state index contributed by atoms with van der Waals surface area (Å²) in [5, 5.41) is 9.49. The van der Waals surface area contributed by atoms with E-state index in [0.717, 1.165) is 11.3 Å². The number of carbonyl (C=O) groups excluding carboxylic acids is 1. The number of hydrogen-bond acceptors (Lipinski definition) is 5. The zero-order valence-electron chi connectivity index (χ0n) is 13.1. The molecule has 2 aromatic heterocycles. The number of anilines is 1. The fraction of sp³-hybridized carbons (Fsp3) is 0.235. The molecular formula is C17H16N4O2S. The topological polar surface area (TPSA) is 69.0 Å². The number of benzene rings is 1. The van der Waals surface area contributed by atoms with E-state index in [-0.39, 0.29) is 11.9 Å². The summed E-state index contributed by atoms with van der Waals surface area (Å²) in [6.07, 6.45) is 3.42. The highest BCUT2D eigenvalue weighted by atomic mass is 32.1. The normalized spacial score (nSPS) is 14.4. The van der Waals surface area contributed by atoms with Crippen LogP contribution in [0.5, 0.6) is 0 Å². The van der Waals surface area contributed by atoms with Crippen LogP contribution >= 0.6 is 11.3 Å². The van der Waals surface area contributed by atoms with Crippen LogP contribution < -0.4 is 5.32 Å². The minimum Gasteiger partial charge on any atom is -0.372 e. The summed E-state index contributed by atoms with van der Waals surface area (Å²) in [6, 6.07) is 7.64. The van der Waals surface area contributed by atoms with Gasteiger partial charge in [-0.25, -0.2) is 4.98 Å². The first-order valence-electron chi connectivity index (χ1n) is 7.66. The molecule has 1 atom stereocenters. The Labute approximate surface area is 143 Å². The first-order chi connectivity index (χ1) is 11.7. The lowest BCUT2D eigenvalue weighted by atomic mass is 10.1. The van der Waals surface area contributed by atoms with Gasteiger partial charge in [0.2, 0.25) is 0 Å². The van der Waals surface area contributed by atoms with Crippen LogP contribution in [0.1, 0.15) is 24.1 Å². The molecule has 0 saturated heterocycles. The van der Waals surface area contributed by atoms with Gasteiger partial charge >= 0.3 is 0 Å². The van der Waals surface area contributed by atoms with Crippen LogP contribution in [0.4, 0.5) is 5.13 Å². The standard InChI is InChI=1S/C17H16N4O2S/c1-11(21-6-2-5-18-21)16(22)20-17-19-15(10-24-17)12-3-4-13-8-23-9-14(13)7-12/h2-7,10-11H,8-9H2,1H3,(H,19,20,22)/t11-/m1/s1. The molecule has 122 valence electrons. The summed E-state index contributed by atoms with van der Waals surface area (Å²) in [6.45, 7) is 3.13. The molecular weight excluding hydrogens is 324 g/mol. The van der Waals surface area contributed by atoms with Crippen LogP contribution in [-0.4, -0.2) is 20.7 Å². The molecule has 0 saturated carbocycles. The van der Waals surface area contributed by atoms with Crippen LogP contribution in [0.25, 0.3) is 11.3 Å². The monoisotopic (exact) mass is 340 g/mol. The lowest BCUT2D eigenvalue weighted by Gasteiger charge is -2.10. The van der Waals surface area contributed by atoms with Crippen molar-refractivity contribution >= 4 is 22.4 Å². The number of amides is 1. The number of fused-ring (bicyclic) bond motifs is 1. The molecule has 0 radical (unpaired) electrons. The number of thiazole rings is 1. The van der Waals surface area contributed by atoms with Gasteiger partial charge in [-0.05, 0) is 30.2 Å². The first kappa shape index (κ1) is 15.0. The SMILES string of the molecule is C[C@H](C(=O)Nc1nc(-c2ccc3c(c2)COC3)cs1)n1cccn1. The van der Waals surface area contributed by atoms with E-state index < -0.39 is 0 Å². The first-order valence-corrected chi connectivity index (χ1v) is 8.54. The molecule has 3 heterocycles. The van der Waals surface area contributed by atoms with Crippen molar-refractivity contribution in [2.45, 2.75) is 26.2 Å². The minimum absolute atomic E-state index is 0.137. The van der Waals surface area contributed by atoms with Gasteiger partial charge in [-0.3, -0.25) is 9.48 Å². The molecule has 0 unspecified atom stereocenters. The predicted octanol–water partition coefficient (Wildman–Crippen LogP) is 3.24. The summed E-state index contributed by atoms with van der Waals surface area (Å²) in [4.78, 5) is 16.8. The van der Waals surface area contributed by atoms with Crippen LogP contribution in [-0.2, 0) is 22.7 Å². The van der Waals surface area contributed by atoms with E-state index in [1.165, 1.54) is 22.5 Å². The van der Waals surface area contributed by atoms with Crippen molar-refractivity contribution in [2.75, 3.05) is 5.32 Å². The third-order valence-electron chi connectivity index (χ3n) is 4.05. The second-order valence-corrected chi connectivity index (χ2v) is 6.52. The Bertz CT molecular complexity index is 873. The smallest absolute Gasteiger partial charge is 0.250 e. The Morgan fingerprint density at radius 1 is 1.38 bits per heavy atom. The third kappa shape index (κ3) is 2.83. The van der Waals surface area contributed by atoms with Gasteiger partial charge in [0.25, 0.3) is 5.91 Å². The van der Waals surface area contributed by atoms with E-state index >= 15 is 0 Å². The number of carbonyl (C=O) groups is 1. The summed E-state index contributed by atoms with van der Waals surface area (Å²) < 4.78 is 7.06.